The van der Waals surface area contributed by atoms with E-state index in [-0.39, 0.29) is 23.8 Å². The van der Waals surface area contributed by atoms with Crippen LogP contribution >= 0.6 is 0 Å². The number of carbonyl (C=O) groups excluding carboxylic acids is 2. The third-order valence-corrected chi connectivity index (χ3v) is 5.27. The quantitative estimate of drug-likeness (QED) is 0.879. The van der Waals surface area contributed by atoms with Gasteiger partial charge in [0, 0.05) is 31.5 Å². The summed E-state index contributed by atoms with van der Waals surface area (Å²) in [6.07, 6.45) is 2.34. The number of benzene rings is 1. The molecule has 3 unspecified atom stereocenters. The summed E-state index contributed by atoms with van der Waals surface area (Å²) < 4.78 is 0. The number of carbonyl (C=O) groups is 2. The average Bonchev–Trinajstić information content (AvgIpc) is 3.12. The molecule has 0 bridgehead atoms. The molecule has 2 heterocycles. The highest BCUT2D eigenvalue weighted by molar-refractivity contribution is 5.89. The first-order valence-corrected chi connectivity index (χ1v) is 8.98. The van der Waals surface area contributed by atoms with Crippen LogP contribution in [-0.4, -0.2) is 41.9 Å². The molecule has 2 N–H and O–H groups in total. The van der Waals surface area contributed by atoms with E-state index in [2.05, 4.69) is 22.8 Å². The zero-order valence-corrected chi connectivity index (χ0v) is 14.5. The van der Waals surface area contributed by atoms with Crippen LogP contribution in [0.15, 0.2) is 24.3 Å². The minimum absolute atomic E-state index is 0.0187. The molecule has 2 aliphatic rings. The molecule has 2 amide bonds. The SMILES string of the molecule is CCC(C)C(=O)N1Cc2ccccc2CC1C(=O)NC1CCNC1. The fraction of sp³-hybridized carbons (Fsp3) is 0.579. The first-order chi connectivity index (χ1) is 11.6. The number of nitrogens with zero attached hydrogens (tertiary/aromatic N) is 1. The van der Waals surface area contributed by atoms with Crippen LogP contribution in [0.5, 0.6) is 0 Å². The predicted octanol–water partition coefficient (Wildman–Crippen LogP) is 1.46. The smallest absolute Gasteiger partial charge is 0.243 e. The molecular weight excluding hydrogens is 302 g/mol. The zero-order valence-electron chi connectivity index (χ0n) is 14.5. The standard InChI is InChI=1S/C19H27N3O2/c1-3-13(2)19(24)22-12-15-7-5-4-6-14(15)10-17(22)18(23)21-16-8-9-20-11-16/h4-7,13,16-17,20H,3,8-12H2,1-2H3,(H,21,23). The molecule has 3 rings (SSSR count). The molecule has 2 aliphatic heterocycles. The average molecular weight is 329 g/mol. The van der Waals surface area contributed by atoms with Crippen LogP contribution in [0.4, 0.5) is 0 Å². The molecule has 0 aliphatic carbocycles. The summed E-state index contributed by atoms with van der Waals surface area (Å²) in [7, 11) is 0. The second kappa shape index (κ2) is 7.34. The van der Waals surface area contributed by atoms with Crippen molar-refractivity contribution in [3.8, 4) is 0 Å². The van der Waals surface area contributed by atoms with Gasteiger partial charge in [-0.2, -0.15) is 0 Å². The van der Waals surface area contributed by atoms with Gasteiger partial charge in [-0.15, -0.1) is 0 Å². The fourth-order valence-corrected chi connectivity index (χ4v) is 3.52. The Kier molecular flexibility index (Phi) is 5.19. The van der Waals surface area contributed by atoms with E-state index in [9.17, 15) is 9.59 Å². The number of fused-ring (bicyclic) bond motifs is 1. The van der Waals surface area contributed by atoms with Crippen LogP contribution in [0, 0.1) is 5.92 Å². The van der Waals surface area contributed by atoms with Crippen LogP contribution in [0.25, 0.3) is 0 Å². The van der Waals surface area contributed by atoms with Crippen molar-refractivity contribution in [1.82, 2.24) is 15.5 Å². The Labute approximate surface area is 143 Å². The Balaban J connectivity index is 1.82. The highest BCUT2D eigenvalue weighted by Crippen LogP contribution is 2.25. The Morgan fingerprint density at radius 1 is 1.33 bits per heavy atom. The van der Waals surface area contributed by atoms with E-state index >= 15 is 0 Å². The second-order valence-electron chi connectivity index (χ2n) is 6.96. The molecule has 3 atom stereocenters. The molecule has 0 aromatic heterocycles. The second-order valence-corrected chi connectivity index (χ2v) is 6.96. The topological polar surface area (TPSA) is 61.4 Å². The molecular formula is C19H27N3O2. The third-order valence-electron chi connectivity index (χ3n) is 5.27. The van der Waals surface area contributed by atoms with Gasteiger partial charge in [-0.1, -0.05) is 38.1 Å². The van der Waals surface area contributed by atoms with Crippen molar-refractivity contribution in [2.45, 2.75) is 51.7 Å². The van der Waals surface area contributed by atoms with Crippen molar-refractivity contribution in [3.63, 3.8) is 0 Å². The van der Waals surface area contributed by atoms with Gasteiger partial charge in [-0.05, 0) is 30.5 Å². The zero-order chi connectivity index (χ0) is 17.1. The van der Waals surface area contributed by atoms with Crippen LogP contribution in [0.1, 0.15) is 37.8 Å². The van der Waals surface area contributed by atoms with Gasteiger partial charge in [-0.3, -0.25) is 9.59 Å². The summed E-state index contributed by atoms with van der Waals surface area (Å²) in [4.78, 5) is 27.5. The Morgan fingerprint density at radius 3 is 2.75 bits per heavy atom. The number of amides is 2. The molecule has 5 nitrogen and oxygen atoms in total. The van der Waals surface area contributed by atoms with Crippen molar-refractivity contribution >= 4 is 11.8 Å². The Hall–Kier alpha value is -1.88. The molecule has 24 heavy (non-hydrogen) atoms. The summed E-state index contributed by atoms with van der Waals surface area (Å²) in [6.45, 7) is 6.24. The third kappa shape index (κ3) is 3.46. The van der Waals surface area contributed by atoms with Crippen LogP contribution in [0.3, 0.4) is 0 Å². The first kappa shape index (κ1) is 17.0. The number of hydrogen-bond acceptors (Lipinski definition) is 3. The maximum atomic E-state index is 12.9. The van der Waals surface area contributed by atoms with Gasteiger partial charge in [0.2, 0.25) is 11.8 Å². The maximum Gasteiger partial charge on any atom is 0.243 e. The van der Waals surface area contributed by atoms with Gasteiger partial charge >= 0.3 is 0 Å². The lowest BCUT2D eigenvalue weighted by molar-refractivity contribution is -0.145. The van der Waals surface area contributed by atoms with Gasteiger partial charge in [0.1, 0.15) is 6.04 Å². The summed E-state index contributed by atoms with van der Waals surface area (Å²) in [5.74, 6) is 0.00488. The maximum absolute atomic E-state index is 12.9. The van der Waals surface area contributed by atoms with E-state index in [1.54, 1.807) is 4.90 Å². The lowest BCUT2D eigenvalue weighted by atomic mass is 9.91. The molecule has 0 radical (unpaired) electrons. The van der Waals surface area contributed by atoms with E-state index in [0.717, 1.165) is 31.5 Å². The minimum Gasteiger partial charge on any atom is -0.350 e. The van der Waals surface area contributed by atoms with Crippen LogP contribution in [-0.2, 0) is 22.6 Å². The monoisotopic (exact) mass is 329 g/mol. The van der Waals surface area contributed by atoms with Crippen molar-refractivity contribution < 1.29 is 9.59 Å². The van der Waals surface area contributed by atoms with E-state index in [0.29, 0.717) is 13.0 Å². The number of nitrogens with one attached hydrogen (secondary N) is 2. The molecule has 0 spiro atoms. The van der Waals surface area contributed by atoms with E-state index in [1.807, 2.05) is 26.0 Å². The lowest BCUT2D eigenvalue weighted by Gasteiger charge is -2.37. The van der Waals surface area contributed by atoms with E-state index in [4.69, 9.17) is 0 Å². The molecule has 0 saturated carbocycles. The molecule has 1 saturated heterocycles. The van der Waals surface area contributed by atoms with Crippen molar-refractivity contribution in [2.24, 2.45) is 5.92 Å². The Morgan fingerprint density at radius 2 is 2.08 bits per heavy atom. The van der Waals surface area contributed by atoms with E-state index < -0.39 is 6.04 Å². The number of hydrogen-bond donors (Lipinski definition) is 2. The van der Waals surface area contributed by atoms with Crippen molar-refractivity contribution in [3.05, 3.63) is 35.4 Å². The molecule has 1 aromatic rings. The van der Waals surface area contributed by atoms with Gasteiger partial charge in [0.05, 0.1) is 0 Å². The van der Waals surface area contributed by atoms with E-state index in [1.165, 1.54) is 5.56 Å². The van der Waals surface area contributed by atoms with Gasteiger partial charge in [0.15, 0.2) is 0 Å². The van der Waals surface area contributed by atoms with Crippen LogP contribution in [0.2, 0.25) is 0 Å². The predicted molar refractivity (Wildman–Crippen MR) is 93.4 cm³/mol. The highest BCUT2D eigenvalue weighted by atomic mass is 16.2. The molecule has 1 aromatic carbocycles. The highest BCUT2D eigenvalue weighted by Gasteiger charge is 2.36. The summed E-state index contributed by atoms with van der Waals surface area (Å²) >= 11 is 0. The minimum atomic E-state index is -0.401. The first-order valence-electron chi connectivity index (χ1n) is 8.98. The van der Waals surface area contributed by atoms with Gasteiger partial charge in [0.25, 0.3) is 0 Å². The summed E-state index contributed by atoms with van der Waals surface area (Å²) in [5.41, 5.74) is 2.33. The fourth-order valence-electron chi connectivity index (χ4n) is 3.52. The summed E-state index contributed by atoms with van der Waals surface area (Å²) in [5, 5.41) is 6.39. The van der Waals surface area contributed by atoms with Crippen molar-refractivity contribution in [2.75, 3.05) is 13.1 Å². The van der Waals surface area contributed by atoms with Gasteiger partial charge in [-0.25, -0.2) is 0 Å². The van der Waals surface area contributed by atoms with Crippen LogP contribution < -0.4 is 10.6 Å². The normalized spacial score (nSPS) is 24.3. The largest absolute Gasteiger partial charge is 0.350 e. The molecule has 5 heteroatoms. The Bertz CT molecular complexity index is 610. The van der Waals surface area contributed by atoms with Gasteiger partial charge < -0.3 is 15.5 Å². The molecule has 1 fully saturated rings. The van der Waals surface area contributed by atoms with Crippen molar-refractivity contribution in [1.29, 1.82) is 0 Å². The summed E-state index contributed by atoms with van der Waals surface area (Å²) in [6, 6.07) is 7.90. The lowest BCUT2D eigenvalue weighted by Crippen LogP contribution is -2.55. The molecule has 130 valence electrons. The number of rotatable bonds is 4.